The maximum absolute atomic E-state index is 9.76. The van der Waals surface area contributed by atoms with Crippen molar-refractivity contribution < 1.29 is 20.1 Å². The van der Waals surface area contributed by atoms with Crippen molar-refractivity contribution in [3.8, 4) is 0 Å². The molecule has 0 amide bonds. The van der Waals surface area contributed by atoms with Crippen LogP contribution in [-0.2, 0) is 4.74 Å². The standard InChI is InChI=1S/C13H19NO4/c1-8-2-4-9(5-3-8)14-6-10-12(16)13(17)11(7-15)18-10/h2-5,10-17H,6-7H2,1H3/t10-,11+,12-,13-/m0/s1. The molecular formula is C13H19NO4. The quantitative estimate of drug-likeness (QED) is 0.602. The molecule has 1 heterocycles. The molecule has 0 unspecified atom stereocenters. The van der Waals surface area contributed by atoms with E-state index in [0.29, 0.717) is 6.54 Å². The zero-order valence-corrected chi connectivity index (χ0v) is 10.3. The fraction of sp³-hybridized carbons (Fsp3) is 0.538. The zero-order valence-electron chi connectivity index (χ0n) is 10.3. The van der Waals surface area contributed by atoms with E-state index in [-0.39, 0.29) is 6.61 Å². The molecule has 100 valence electrons. The van der Waals surface area contributed by atoms with Gasteiger partial charge in [0.1, 0.15) is 24.4 Å². The van der Waals surface area contributed by atoms with Gasteiger partial charge in [0.25, 0.3) is 0 Å². The lowest BCUT2D eigenvalue weighted by Crippen LogP contribution is -2.36. The fourth-order valence-electron chi connectivity index (χ4n) is 2.04. The van der Waals surface area contributed by atoms with Crippen LogP contribution in [0.5, 0.6) is 0 Å². The summed E-state index contributed by atoms with van der Waals surface area (Å²) in [6, 6.07) is 7.85. The lowest BCUT2D eigenvalue weighted by Gasteiger charge is -2.16. The molecule has 1 saturated heterocycles. The average molecular weight is 253 g/mol. The number of hydrogen-bond acceptors (Lipinski definition) is 5. The van der Waals surface area contributed by atoms with Crippen molar-refractivity contribution in [2.24, 2.45) is 0 Å². The second-order valence-corrected chi connectivity index (χ2v) is 4.62. The van der Waals surface area contributed by atoms with Crippen molar-refractivity contribution in [1.82, 2.24) is 0 Å². The Hall–Kier alpha value is -1.14. The van der Waals surface area contributed by atoms with Gasteiger partial charge in [-0.05, 0) is 19.1 Å². The Bertz CT molecular complexity index is 381. The van der Waals surface area contributed by atoms with Gasteiger partial charge in [-0.25, -0.2) is 0 Å². The first-order chi connectivity index (χ1) is 8.61. The summed E-state index contributed by atoms with van der Waals surface area (Å²) in [6.45, 7) is 2.10. The van der Waals surface area contributed by atoms with Crippen LogP contribution < -0.4 is 5.32 Å². The van der Waals surface area contributed by atoms with E-state index < -0.39 is 24.4 Å². The smallest absolute Gasteiger partial charge is 0.111 e. The van der Waals surface area contributed by atoms with Crippen molar-refractivity contribution in [2.45, 2.75) is 31.3 Å². The Morgan fingerprint density at radius 3 is 2.28 bits per heavy atom. The van der Waals surface area contributed by atoms with Gasteiger partial charge in [-0.15, -0.1) is 0 Å². The monoisotopic (exact) mass is 253 g/mol. The number of aryl methyl sites for hydroxylation is 1. The largest absolute Gasteiger partial charge is 0.394 e. The minimum Gasteiger partial charge on any atom is -0.394 e. The average Bonchev–Trinajstić information content (AvgIpc) is 2.65. The van der Waals surface area contributed by atoms with Crippen LogP contribution in [0.2, 0.25) is 0 Å². The lowest BCUT2D eigenvalue weighted by molar-refractivity contribution is -0.0184. The van der Waals surface area contributed by atoms with Crippen molar-refractivity contribution >= 4 is 5.69 Å². The van der Waals surface area contributed by atoms with Gasteiger partial charge in [0, 0.05) is 12.2 Å². The summed E-state index contributed by atoms with van der Waals surface area (Å²) in [5.74, 6) is 0. The Labute approximate surface area is 106 Å². The third-order valence-electron chi connectivity index (χ3n) is 3.20. The molecule has 5 nitrogen and oxygen atoms in total. The van der Waals surface area contributed by atoms with Gasteiger partial charge >= 0.3 is 0 Å². The maximum atomic E-state index is 9.76. The summed E-state index contributed by atoms with van der Waals surface area (Å²) in [5.41, 5.74) is 2.10. The van der Waals surface area contributed by atoms with Gasteiger partial charge in [0.05, 0.1) is 6.61 Å². The Morgan fingerprint density at radius 2 is 1.72 bits per heavy atom. The van der Waals surface area contributed by atoms with Crippen LogP contribution in [0.4, 0.5) is 5.69 Å². The third-order valence-corrected chi connectivity index (χ3v) is 3.20. The Balaban J connectivity index is 1.89. The van der Waals surface area contributed by atoms with Crippen LogP contribution in [0.1, 0.15) is 5.56 Å². The molecule has 0 bridgehead atoms. The van der Waals surface area contributed by atoms with Crippen molar-refractivity contribution in [1.29, 1.82) is 0 Å². The van der Waals surface area contributed by atoms with E-state index in [9.17, 15) is 10.2 Å². The molecule has 4 N–H and O–H groups in total. The van der Waals surface area contributed by atoms with Gasteiger partial charge in [0.2, 0.25) is 0 Å². The number of rotatable bonds is 4. The number of ether oxygens (including phenoxy) is 1. The van der Waals surface area contributed by atoms with Crippen LogP contribution in [0, 0.1) is 6.92 Å². The highest BCUT2D eigenvalue weighted by molar-refractivity contribution is 5.44. The normalized spacial score (nSPS) is 31.6. The van der Waals surface area contributed by atoms with E-state index in [1.807, 2.05) is 31.2 Å². The van der Waals surface area contributed by atoms with Gasteiger partial charge in [0.15, 0.2) is 0 Å². The van der Waals surface area contributed by atoms with Crippen molar-refractivity contribution in [2.75, 3.05) is 18.5 Å². The highest BCUT2D eigenvalue weighted by Crippen LogP contribution is 2.21. The van der Waals surface area contributed by atoms with Crippen LogP contribution in [0.15, 0.2) is 24.3 Å². The van der Waals surface area contributed by atoms with Gasteiger partial charge < -0.3 is 25.4 Å². The molecule has 1 aromatic rings. The van der Waals surface area contributed by atoms with Crippen LogP contribution in [-0.4, -0.2) is 52.9 Å². The first kappa shape index (κ1) is 13.3. The summed E-state index contributed by atoms with van der Waals surface area (Å²) in [5, 5.41) is 31.5. The van der Waals surface area contributed by atoms with E-state index in [2.05, 4.69) is 5.32 Å². The Kier molecular flexibility index (Phi) is 4.19. The second-order valence-electron chi connectivity index (χ2n) is 4.62. The van der Waals surface area contributed by atoms with Crippen LogP contribution in [0.25, 0.3) is 0 Å². The molecule has 5 heteroatoms. The van der Waals surface area contributed by atoms with Gasteiger partial charge in [-0.2, -0.15) is 0 Å². The number of anilines is 1. The number of benzene rings is 1. The Morgan fingerprint density at radius 1 is 1.11 bits per heavy atom. The topological polar surface area (TPSA) is 82.0 Å². The minimum absolute atomic E-state index is 0.292. The molecule has 0 spiro atoms. The summed E-state index contributed by atoms with van der Waals surface area (Å²) >= 11 is 0. The van der Waals surface area contributed by atoms with E-state index >= 15 is 0 Å². The highest BCUT2D eigenvalue weighted by Gasteiger charge is 2.41. The fourth-order valence-corrected chi connectivity index (χ4v) is 2.04. The molecule has 1 aromatic carbocycles. The molecule has 2 rings (SSSR count). The number of hydrogen-bond donors (Lipinski definition) is 4. The summed E-state index contributed by atoms with van der Waals surface area (Å²) in [4.78, 5) is 0. The van der Waals surface area contributed by atoms with E-state index in [1.54, 1.807) is 0 Å². The van der Waals surface area contributed by atoms with E-state index in [0.717, 1.165) is 5.69 Å². The molecule has 1 aliphatic heterocycles. The molecule has 0 radical (unpaired) electrons. The first-order valence-corrected chi connectivity index (χ1v) is 6.05. The van der Waals surface area contributed by atoms with Crippen molar-refractivity contribution in [3.63, 3.8) is 0 Å². The molecule has 0 aromatic heterocycles. The predicted octanol–water partition coefficient (Wildman–Crippen LogP) is -0.112. The van der Waals surface area contributed by atoms with Gasteiger partial charge in [-0.1, -0.05) is 17.7 Å². The molecule has 1 aliphatic rings. The predicted molar refractivity (Wildman–Crippen MR) is 67.4 cm³/mol. The van der Waals surface area contributed by atoms with Crippen LogP contribution in [0.3, 0.4) is 0 Å². The molecule has 1 fully saturated rings. The maximum Gasteiger partial charge on any atom is 0.111 e. The molecule has 0 aliphatic carbocycles. The van der Waals surface area contributed by atoms with Crippen LogP contribution >= 0.6 is 0 Å². The summed E-state index contributed by atoms with van der Waals surface area (Å²) in [6.07, 6.45) is -3.22. The number of aliphatic hydroxyl groups excluding tert-OH is 3. The number of nitrogens with one attached hydrogen (secondary N) is 1. The van der Waals surface area contributed by atoms with E-state index in [4.69, 9.17) is 9.84 Å². The summed E-state index contributed by atoms with van der Waals surface area (Å²) in [7, 11) is 0. The van der Waals surface area contributed by atoms with E-state index in [1.165, 1.54) is 5.56 Å². The summed E-state index contributed by atoms with van der Waals surface area (Å²) < 4.78 is 5.37. The number of aliphatic hydroxyl groups is 3. The molecule has 0 saturated carbocycles. The highest BCUT2D eigenvalue weighted by atomic mass is 16.6. The second kappa shape index (κ2) is 5.67. The molecule has 18 heavy (non-hydrogen) atoms. The van der Waals surface area contributed by atoms with Gasteiger partial charge in [-0.3, -0.25) is 0 Å². The third kappa shape index (κ3) is 2.81. The molecular weight excluding hydrogens is 234 g/mol. The first-order valence-electron chi connectivity index (χ1n) is 6.05. The molecule has 4 atom stereocenters. The minimum atomic E-state index is -1.03. The van der Waals surface area contributed by atoms with Crippen molar-refractivity contribution in [3.05, 3.63) is 29.8 Å². The SMILES string of the molecule is Cc1ccc(NC[C@@H]2O[C@H](CO)[C@H](O)[C@H]2O)cc1. The zero-order chi connectivity index (χ0) is 13.1. The lowest BCUT2D eigenvalue weighted by atomic mass is 10.1.